The molecule has 2 aromatic rings. The van der Waals surface area contributed by atoms with Crippen LogP contribution >= 0.6 is 0 Å². The van der Waals surface area contributed by atoms with Gasteiger partial charge in [0, 0.05) is 19.1 Å². The quantitative estimate of drug-likeness (QED) is 0.658. The molecule has 34 heavy (non-hydrogen) atoms. The minimum atomic E-state index is -0.268. The maximum Gasteiger partial charge on any atom is 0.290 e. The number of nitrogens with zero attached hydrogens (tertiary/aromatic N) is 2. The van der Waals surface area contributed by atoms with E-state index in [0.29, 0.717) is 29.8 Å². The van der Waals surface area contributed by atoms with E-state index in [9.17, 15) is 9.90 Å². The number of carbonyl (C=O) groups excluding carboxylic acids is 1. The highest BCUT2D eigenvalue weighted by atomic mass is 16.5. The van der Waals surface area contributed by atoms with Crippen LogP contribution in [0, 0.1) is 11.8 Å². The molecule has 182 valence electrons. The number of para-hydroxylation sites is 1. The van der Waals surface area contributed by atoms with Gasteiger partial charge in [0.1, 0.15) is 12.4 Å². The van der Waals surface area contributed by atoms with Crippen LogP contribution in [-0.2, 0) is 11.4 Å². The SMILES string of the molecule is O=C(c1ccccc1OCc1ccccc1)N1C[C@H]2C[C@@H](N3CCCC3)[C@H](O)C[C@H]2C1.O=CO. The Bertz CT molecular complexity index is 947. The molecule has 0 spiro atoms. The van der Waals surface area contributed by atoms with Gasteiger partial charge >= 0.3 is 0 Å². The molecule has 1 amide bonds. The summed E-state index contributed by atoms with van der Waals surface area (Å²) in [6, 6.07) is 17.8. The van der Waals surface area contributed by atoms with Crippen molar-refractivity contribution in [3.05, 3.63) is 65.7 Å². The zero-order valence-corrected chi connectivity index (χ0v) is 19.5. The summed E-state index contributed by atoms with van der Waals surface area (Å²) in [5.41, 5.74) is 1.72. The molecule has 1 aliphatic carbocycles. The van der Waals surface area contributed by atoms with Crippen LogP contribution in [0.15, 0.2) is 54.6 Å². The standard InChI is InChI=1S/C26H32N2O3.CH2O2/c29-24-15-21-17-28(16-20(21)14-23(24)27-12-6-7-13-27)26(30)22-10-4-5-11-25(22)31-18-19-8-2-1-3-9-19;2-1-3/h1-5,8-11,20-21,23-24,29H,6-7,12-18H2;1H,(H,2,3)/t20-,21+,23-,24-;/m1./s1. The molecular formula is C27H34N2O5. The van der Waals surface area contributed by atoms with Crippen LogP contribution in [0.1, 0.15) is 41.6 Å². The van der Waals surface area contributed by atoms with Gasteiger partial charge < -0.3 is 19.8 Å². The fraction of sp³-hybridized carbons (Fsp3) is 0.481. The molecule has 3 aliphatic rings. The molecule has 2 aliphatic heterocycles. The van der Waals surface area contributed by atoms with Gasteiger partial charge in [0.05, 0.1) is 11.7 Å². The number of carbonyl (C=O) groups is 2. The second-order valence-corrected chi connectivity index (χ2v) is 9.46. The molecule has 2 aromatic carbocycles. The van der Waals surface area contributed by atoms with Crippen LogP contribution in [0.5, 0.6) is 5.75 Å². The van der Waals surface area contributed by atoms with Crippen molar-refractivity contribution in [2.24, 2.45) is 11.8 Å². The zero-order chi connectivity index (χ0) is 23.9. The van der Waals surface area contributed by atoms with Crippen molar-refractivity contribution >= 4 is 12.4 Å². The molecule has 7 nitrogen and oxygen atoms in total. The van der Waals surface area contributed by atoms with E-state index in [2.05, 4.69) is 4.90 Å². The van der Waals surface area contributed by atoms with Gasteiger partial charge in [-0.3, -0.25) is 14.5 Å². The minimum absolute atomic E-state index is 0.0465. The first kappa shape index (κ1) is 24.2. The number of fused-ring (bicyclic) bond motifs is 1. The number of ether oxygens (including phenoxy) is 1. The summed E-state index contributed by atoms with van der Waals surface area (Å²) in [6.07, 6.45) is 4.02. The van der Waals surface area contributed by atoms with Crippen molar-refractivity contribution in [2.45, 2.75) is 44.4 Å². The van der Waals surface area contributed by atoms with E-state index in [1.165, 1.54) is 12.8 Å². The Hall–Kier alpha value is -2.90. The molecule has 0 radical (unpaired) electrons. The number of aliphatic hydroxyl groups excluding tert-OH is 1. The predicted octanol–water partition coefficient (Wildman–Crippen LogP) is 3.27. The van der Waals surface area contributed by atoms with E-state index in [-0.39, 0.29) is 24.5 Å². The number of aliphatic hydroxyl groups is 1. The molecule has 0 aromatic heterocycles. The maximum absolute atomic E-state index is 13.4. The molecule has 2 saturated heterocycles. The van der Waals surface area contributed by atoms with Gasteiger partial charge in [0.15, 0.2) is 0 Å². The van der Waals surface area contributed by atoms with E-state index in [1.807, 2.05) is 59.5 Å². The van der Waals surface area contributed by atoms with Crippen LogP contribution in [0.4, 0.5) is 0 Å². The summed E-state index contributed by atoms with van der Waals surface area (Å²) >= 11 is 0. The predicted molar refractivity (Wildman–Crippen MR) is 129 cm³/mol. The number of benzene rings is 2. The molecule has 2 heterocycles. The topological polar surface area (TPSA) is 90.3 Å². The monoisotopic (exact) mass is 466 g/mol. The molecule has 7 heteroatoms. The Kier molecular flexibility index (Phi) is 8.19. The average Bonchev–Trinajstić information content (AvgIpc) is 3.53. The third kappa shape index (κ3) is 5.59. The molecule has 0 bridgehead atoms. The smallest absolute Gasteiger partial charge is 0.290 e. The second kappa shape index (κ2) is 11.5. The van der Waals surface area contributed by atoms with Crippen molar-refractivity contribution in [1.29, 1.82) is 0 Å². The molecule has 3 fully saturated rings. The van der Waals surface area contributed by atoms with Crippen LogP contribution in [0.25, 0.3) is 0 Å². The Morgan fingerprint density at radius 2 is 1.59 bits per heavy atom. The van der Waals surface area contributed by atoms with Crippen LogP contribution in [0.3, 0.4) is 0 Å². The van der Waals surface area contributed by atoms with Gasteiger partial charge in [0.25, 0.3) is 12.4 Å². The highest BCUT2D eigenvalue weighted by Gasteiger charge is 2.45. The van der Waals surface area contributed by atoms with Gasteiger partial charge in [-0.1, -0.05) is 42.5 Å². The number of amides is 1. The summed E-state index contributed by atoms with van der Waals surface area (Å²) in [5.74, 6) is 1.57. The first-order valence-electron chi connectivity index (χ1n) is 12.2. The number of likely N-dealkylation sites (tertiary alicyclic amines) is 2. The van der Waals surface area contributed by atoms with Crippen molar-refractivity contribution in [3.8, 4) is 5.75 Å². The van der Waals surface area contributed by atoms with Gasteiger partial charge in [-0.15, -0.1) is 0 Å². The summed E-state index contributed by atoms with van der Waals surface area (Å²) in [7, 11) is 0. The van der Waals surface area contributed by atoms with Crippen molar-refractivity contribution in [2.75, 3.05) is 26.2 Å². The summed E-state index contributed by atoms with van der Waals surface area (Å²) in [4.78, 5) is 26.2. The van der Waals surface area contributed by atoms with E-state index >= 15 is 0 Å². The summed E-state index contributed by atoms with van der Waals surface area (Å²) in [6.45, 7) is 3.93. The lowest BCUT2D eigenvalue weighted by Gasteiger charge is -2.40. The summed E-state index contributed by atoms with van der Waals surface area (Å²) in [5, 5.41) is 17.7. The van der Waals surface area contributed by atoms with E-state index in [0.717, 1.165) is 44.6 Å². The molecule has 1 saturated carbocycles. The van der Waals surface area contributed by atoms with Gasteiger partial charge in [-0.2, -0.15) is 0 Å². The van der Waals surface area contributed by atoms with Crippen LogP contribution < -0.4 is 4.74 Å². The summed E-state index contributed by atoms with van der Waals surface area (Å²) < 4.78 is 6.03. The van der Waals surface area contributed by atoms with Gasteiger partial charge in [0.2, 0.25) is 0 Å². The second-order valence-electron chi connectivity index (χ2n) is 9.46. The Morgan fingerprint density at radius 1 is 0.971 bits per heavy atom. The first-order chi connectivity index (χ1) is 16.6. The van der Waals surface area contributed by atoms with E-state index in [4.69, 9.17) is 14.6 Å². The number of hydrogen-bond acceptors (Lipinski definition) is 5. The molecule has 2 N–H and O–H groups in total. The average molecular weight is 467 g/mol. The normalized spacial score (nSPS) is 26.3. The lowest BCUT2D eigenvalue weighted by molar-refractivity contribution is -0.122. The van der Waals surface area contributed by atoms with Crippen molar-refractivity contribution < 1.29 is 24.5 Å². The molecule has 0 unspecified atom stereocenters. The fourth-order valence-corrected chi connectivity index (χ4v) is 5.71. The van der Waals surface area contributed by atoms with Crippen molar-refractivity contribution in [1.82, 2.24) is 9.80 Å². The van der Waals surface area contributed by atoms with Gasteiger partial charge in [-0.05, 0) is 68.3 Å². The first-order valence-corrected chi connectivity index (χ1v) is 12.2. The maximum atomic E-state index is 13.4. The zero-order valence-electron chi connectivity index (χ0n) is 19.5. The highest BCUT2D eigenvalue weighted by molar-refractivity contribution is 5.97. The Labute approximate surface area is 200 Å². The van der Waals surface area contributed by atoms with E-state index < -0.39 is 0 Å². The largest absolute Gasteiger partial charge is 0.488 e. The fourth-order valence-electron chi connectivity index (χ4n) is 5.71. The van der Waals surface area contributed by atoms with Gasteiger partial charge in [-0.25, -0.2) is 0 Å². The van der Waals surface area contributed by atoms with E-state index in [1.54, 1.807) is 0 Å². The third-order valence-corrected chi connectivity index (χ3v) is 7.36. The third-order valence-electron chi connectivity index (χ3n) is 7.36. The van der Waals surface area contributed by atoms with Crippen molar-refractivity contribution in [3.63, 3.8) is 0 Å². The van der Waals surface area contributed by atoms with Crippen LogP contribution in [0.2, 0.25) is 0 Å². The molecule has 5 rings (SSSR count). The highest BCUT2D eigenvalue weighted by Crippen LogP contribution is 2.40. The Balaban J connectivity index is 0.000000868. The Morgan fingerprint density at radius 3 is 2.29 bits per heavy atom. The number of hydrogen-bond donors (Lipinski definition) is 2. The number of carboxylic acid groups (broad SMARTS) is 1. The van der Waals surface area contributed by atoms with Crippen LogP contribution in [-0.4, -0.2) is 70.7 Å². The minimum Gasteiger partial charge on any atom is -0.488 e. The lowest BCUT2D eigenvalue weighted by atomic mass is 9.77. The lowest BCUT2D eigenvalue weighted by Crippen LogP contribution is -2.48. The molecule has 4 atom stereocenters. The molecular weight excluding hydrogens is 432 g/mol. The number of rotatable bonds is 5.